The van der Waals surface area contributed by atoms with Gasteiger partial charge in [-0.3, -0.25) is 0 Å². The molecule has 0 spiro atoms. The van der Waals surface area contributed by atoms with Crippen LogP contribution in [-0.2, 0) is 6.42 Å². The Kier molecular flexibility index (Phi) is 4.01. The number of hydrogen-bond donors (Lipinski definition) is 0. The number of nitrogens with zero attached hydrogens (tertiary/aromatic N) is 3. The predicted octanol–water partition coefficient (Wildman–Crippen LogP) is 2.93. The van der Waals surface area contributed by atoms with Crippen molar-refractivity contribution in [3.05, 3.63) is 36.2 Å². The highest BCUT2D eigenvalue weighted by atomic mass is 79.9. The van der Waals surface area contributed by atoms with Gasteiger partial charge in [0, 0.05) is 16.6 Å². The summed E-state index contributed by atoms with van der Waals surface area (Å²) in [5, 5.41) is 9.12. The maximum Gasteiger partial charge on any atom is 0.0840 e. The van der Waals surface area contributed by atoms with E-state index in [0.717, 1.165) is 23.1 Å². The van der Waals surface area contributed by atoms with Crippen LogP contribution in [0.15, 0.2) is 35.4 Å². The van der Waals surface area contributed by atoms with Crippen LogP contribution in [0.4, 0.5) is 0 Å². The molecular formula is C11H12BrN3S. The van der Waals surface area contributed by atoms with Crippen molar-refractivity contribution in [2.45, 2.75) is 11.3 Å². The number of halogens is 1. The number of aromatic nitrogens is 3. The van der Waals surface area contributed by atoms with Crippen LogP contribution in [0.2, 0.25) is 0 Å². The van der Waals surface area contributed by atoms with E-state index in [2.05, 4.69) is 56.8 Å². The van der Waals surface area contributed by atoms with E-state index in [1.807, 2.05) is 10.9 Å². The normalized spacial score (nSPS) is 10.6. The first-order valence-electron chi connectivity index (χ1n) is 4.95. The van der Waals surface area contributed by atoms with Crippen molar-refractivity contribution < 1.29 is 0 Å². The highest BCUT2D eigenvalue weighted by Gasteiger charge is 2.01. The van der Waals surface area contributed by atoms with Crippen LogP contribution >= 0.6 is 27.7 Å². The summed E-state index contributed by atoms with van der Waals surface area (Å²) in [5.74, 6) is 0. The molecule has 0 radical (unpaired) electrons. The van der Waals surface area contributed by atoms with Gasteiger partial charge in [-0.2, -0.15) is 0 Å². The Bertz CT molecular complexity index is 453. The highest BCUT2D eigenvalue weighted by molar-refractivity contribution is 9.09. The average molecular weight is 298 g/mol. The molecule has 0 aliphatic rings. The molecule has 5 heteroatoms. The smallest absolute Gasteiger partial charge is 0.0840 e. The Labute approximate surface area is 107 Å². The summed E-state index contributed by atoms with van der Waals surface area (Å²) in [5.41, 5.74) is 2.05. The molecule has 0 saturated carbocycles. The lowest BCUT2D eigenvalue weighted by atomic mass is 10.3. The van der Waals surface area contributed by atoms with Crippen LogP contribution in [0.3, 0.4) is 0 Å². The van der Waals surface area contributed by atoms with Crippen molar-refractivity contribution in [1.29, 1.82) is 0 Å². The number of aryl methyl sites for hydroxylation is 1. The number of thioether (sulfide) groups is 1. The number of hydrogen-bond acceptors (Lipinski definition) is 3. The minimum absolute atomic E-state index is 0.906. The van der Waals surface area contributed by atoms with E-state index in [0.29, 0.717) is 0 Å². The molecule has 3 nitrogen and oxygen atoms in total. The third-order valence-electron chi connectivity index (χ3n) is 2.23. The van der Waals surface area contributed by atoms with Gasteiger partial charge in [0.05, 0.1) is 17.6 Å². The first kappa shape index (κ1) is 11.7. The molecule has 1 aromatic carbocycles. The van der Waals surface area contributed by atoms with E-state index >= 15 is 0 Å². The standard InChI is InChI=1S/C11H12BrN3S/c1-16-11-4-2-10(3-5-11)15-8-9(6-7-12)13-14-15/h2-5,8H,6-7H2,1H3. The summed E-state index contributed by atoms with van der Waals surface area (Å²) in [7, 11) is 0. The van der Waals surface area contributed by atoms with E-state index in [-0.39, 0.29) is 0 Å². The van der Waals surface area contributed by atoms with Crippen LogP contribution in [0.25, 0.3) is 5.69 Å². The van der Waals surface area contributed by atoms with E-state index in [4.69, 9.17) is 0 Å². The quantitative estimate of drug-likeness (QED) is 0.642. The SMILES string of the molecule is CSc1ccc(-n2cc(CCBr)nn2)cc1. The Morgan fingerprint density at radius 1 is 1.31 bits per heavy atom. The van der Waals surface area contributed by atoms with Gasteiger partial charge in [0.25, 0.3) is 0 Å². The van der Waals surface area contributed by atoms with Crippen LogP contribution in [0, 0.1) is 0 Å². The molecule has 0 atom stereocenters. The summed E-state index contributed by atoms with van der Waals surface area (Å²) >= 11 is 5.13. The second kappa shape index (κ2) is 5.50. The summed E-state index contributed by atoms with van der Waals surface area (Å²) in [6, 6.07) is 8.29. The monoisotopic (exact) mass is 297 g/mol. The summed E-state index contributed by atoms with van der Waals surface area (Å²) in [6.07, 6.45) is 4.94. The number of alkyl halides is 1. The van der Waals surface area contributed by atoms with Crippen molar-refractivity contribution in [1.82, 2.24) is 15.0 Å². The van der Waals surface area contributed by atoms with Gasteiger partial charge in [-0.25, -0.2) is 4.68 Å². The molecule has 2 aromatic rings. The van der Waals surface area contributed by atoms with E-state index < -0.39 is 0 Å². The van der Waals surface area contributed by atoms with Gasteiger partial charge in [-0.15, -0.1) is 16.9 Å². The number of benzene rings is 1. The third-order valence-corrected chi connectivity index (χ3v) is 3.37. The van der Waals surface area contributed by atoms with Gasteiger partial charge < -0.3 is 0 Å². The van der Waals surface area contributed by atoms with Gasteiger partial charge >= 0.3 is 0 Å². The lowest BCUT2D eigenvalue weighted by Crippen LogP contribution is -1.94. The largest absolute Gasteiger partial charge is 0.220 e. The minimum Gasteiger partial charge on any atom is -0.220 e. The van der Waals surface area contributed by atoms with Gasteiger partial charge in [0.15, 0.2) is 0 Å². The lowest BCUT2D eigenvalue weighted by molar-refractivity contribution is 0.797. The molecule has 2 rings (SSSR count). The van der Waals surface area contributed by atoms with Crippen molar-refractivity contribution in [3.8, 4) is 5.69 Å². The van der Waals surface area contributed by atoms with Gasteiger partial charge in [-0.1, -0.05) is 21.1 Å². The molecule has 84 valence electrons. The summed E-state index contributed by atoms with van der Waals surface area (Å²) < 4.78 is 1.81. The second-order valence-electron chi connectivity index (χ2n) is 3.29. The molecule has 0 N–H and O–H groups in total. The van der Waals surface area contributed by atoms with E-state index in [1.54, 1.807) is 11.8 Å². The zero-order valence-electron chi connectivity index (χ0n) is 8.93. The fraction of sp³-hybridized carbons (Fsp3) is 0.273. The summed E-state index contributed by atoms with van der Waals surface area (Å²) in [4.78, 5) is 1.25. The first-order valence-corrected chi connectivity index (χ1v) is 7.29. The average Bonchev–Trinajstić information content (AvgIpc) is 2.78. The predicted molar refractivity (Wildman–Crippen MR) is 70.6 cm³/mol. The van der Waals surface area contributed by atoms with Gasteiger partial charge in [0.1, 0.15) is 0 Å². The maximum atomic E-state index is 4.10. The van der Waals surface area contributed by atoms with Crippen LogP contribution in [-0.4, -0.2) is 26.6 Å². The molecular weight excluding hydrogens is 286 g/mol. The van der Waals surface area contributed by atoms with Crippen LogP contribution in [0.5, 0.6) is 0 Å². The van der Waals surface area contributed by atoms with Crippen LogP contribution < -0.4 is 0 Å². The zero-order valence-corrected chi connectivity index (χ0v) is 11.3. The molecule has 0 amide bonds. The molecule has 0 aliphatic heterocycles. The maximum absolute atomic E-state index is 4.10. The fourth-order valence-electron chi connectivity index (χ4n) is 1.37. The molecule has 0 unspecified atom stereocenters. The molecule has 0 aliphatic carbocycles. The van der Waals surface area contributed by atoms with Crippen molar-refractivity contribution >= 4 is 27.7 Å². The van der Waals surface area contributed by atoms with E-state index in [1.165, 1.54) is 4.90 Å². The molecule has 1 aromatic heterocycles. The lowest BCUT2D eigenvalue weighted by Gasteiger charge is -2.00. The Morgan fingerprint density at radius 2 is 2.06 bits per heavy atom. The molecule has 0 bridgehead atoms. The molecule has 16 heavy (non-hydrogen) atoms. The summed E-state index contributed by atoms with van der Waals surface area (Å²) in [6.45, 7) is 0. The van der Waals surface area contributed by atoms with E-state index in [9.17, 15) is 0 Å². The topological polar surface area (TPSA) is 30.7 Å². The van der Waals surface area contributed by atoms with Gasteiger partial charge in [0.2, 0.25) is 0 Å². The van der Waals surface area contributed by atoms with Crippen molar-refractivity contribution in [3.63, 3.8) is 0 Å². The zero-order chi connectivity index (χ0) is 11.4. The minimum atomic E-state index is 0.906. The Hall–Kier alpha value is -0.810. The highest BCUT2D eigenvalue weighted by Crippen LogP contribution is 2.16. The van der Waals surface area contributed by atoms with Crippen molar-refractivity contribution in [2.75, 3.05) is 11.6 Å². The fourth-order valence-corrected chi connectivity index (χ4v) is 2.19. The second-order valence-corrected chi connectivity index (χ2v) is 4.96. The van der Waals surface area contributed by atoms with Gasteiger partial charge in [-0.05, 0) is 30.5 Å². The Balaban J connectivity index is 2.21. The molecule has 0 saturated heterocycles. The third kappa shape index (κ3) is 2.65. The Morgan fingerprint density at radius 3 is 2.69 bits per heavy atom. The molecule has 0 fully saturated rings. The van der Waals surface area contributed by atoms with Crippen molar-refractivity contribution in [2.24, 2.45) is 0 Å². The number of rotatable bonds is 4. The molecule has 1 heterocycles. The first-order chi connectivity index (χ1) is 7.83. The van der Waals surface area contributed by atoms with Crippen LogP contribution in [0.1, 0.15) is 5.69 Å².